The van der Waals surface area contributed by atoms with E-state index in [2.05, 4.69) is 15.4 Å². The van der Waals surface area contributed by atoms with E-state index in [0.717, 1.165) is 31.6 Å². The van der Waals surface area contributed by atoms with E-state index in [1.54, 1.807) is 40.9 Å². The summed E-state index contributed by atoms with van der Waals surface area (Å²) in [6.07, 6.45) is 0. The number of benzene rings is 2. The number of aromatic nitrogens is 3. The Balaban J connectivity index is 1.25. The molecule has 5 rings (SSSR count). The van der Waals surface area contributed by atoms with Gasteiger partial charge in [0.05, 0.1) is 22.0 Å². The highest BCUT2D eigenvalue weighted by molar-refractivity contribution is 7.23. The molecule has 1 N–H and O–H groups in total. The molecule has 0 spiro atoms. The van der Waals surface area contributed by atoms with Crippen LogP contribution in [0.1, 0.15) is 16.1 Å². The largest absolute Gasteiger partial charge is 0.350 e. The fourth-order valence-corrected chi connectivity index (χ4v) is 5.52. The first-order chi connectivity index (χ1) is 17.1. The quantitative estimate of drug-likeness (QED) is 0.321. The maximum absolute atomic E-state index is 12.6. The van der Waals surface area contributed by atoms with Crippen LogP contribution in [0.2, 0.25) is 0 Å². The van der Waals surface area contributed by atoms with Crippen molar-refractivity contribution < 1.29 is 4.79 Å². The lowest BCUT2D eigenvalue weighted by Gasteiger charge is -2.09. The number of nitrogens with zero attached hydrogens (tertiary/aromatic N) is 3. The number of thiophene rings is 1. The predicted molar refractivity (Wildman–Crippen MR) is 142 cm³/mol. The molecule has 0 fully saturated rings. The second kappa shape index (κ2) is 10.2. The zero-order valence-electron chi connectivity index (χ0n) is 19.0. The van der Waals surface area contributed by atoms with Crippen LogP contribution in [0.5, 0.6) is 0 Å². The highest BCUT2D eigenvalue weighted by Crippen LogP contribution is 2.35. The molecule has 1 amide bonds. The summed E-state index contributed by atoms with van der Waals surface area (Å²) in [6.45, 7) is 2.51. The van der Waals surface area contributed by atoms with Gasteiger partial charge in [0.15, 0.2) is 0 Å². The molecule has 6 nitrogen and oxygen atoms in total. The van der Waals surface area contributed by atoms with Gasteiger partial charge in [0.2, 0.25) is 0 Å². The summed E-state index contributed by atoms with van der Waals surface area (Å²) in [4.78, 5) is 31.7. The maximum atomic E-state index is 12.6. The third-order valence-electron chi connectivity index (χ3n) is 5.49. The number of rotatable bonds is 7. The molecule has 0 aliphatic rings. The van der Waals surface area contributed by atoms with Crippen LogP contribution < -0.4 is 10.9 Å². The number of hydrogen-bond donors (Lipinski definition) is 1. The average Bonchev–Trinajstić information content (AvgIpc) is 3.56. The zero-order chi connectivity index (χ0) is 24.2. The van der Waals surface area contributed by atoms with Gasteiger partial charge in [-0.15, -0.1) is 22.7 Å². The Hall–Kier alpha value is -3.88. The van der Waals surface area contributed by atoms with Crippen molar-refractivity contribution in [1.29, 1.82) is 0 Å². The van der Waals surface area contributed by atoms with E-state index in [1.807, 2.05) is 66.9 Å². The predicted octanol–water partition coefficient (Wildman–Crippen LogP) is 5.50. The molecule has 2 aromatic carbocycles. The van der Waals surface area contributed by atoms with Crippen LogP contribution >= 0.6 is 22.7 Å². The van der Waals surface area contributed by atoms with E-state index in [1.165, 1.54) is 10.7 Å². The maximum Gasteiger partial charge on any atom is 0.266 e. The van der Waals surface area contributed by atoms with Crippen LogP contribution in [0, 0.1) is 6.92 Å². The van der Waals surface area contributed by atoms with E-state index in [-0.39, 0.29) is 24.6 Å². The number of hydrogen-bond acceptors (Lipinski definition) is 6. The van der Waals surface area contributed by atoms with Gasteiger partial charge in [-0.3, -0.25) is 9.59 Å². The highest BCUT2D eigenvalue weighted by Gasteiger charge is 2.14. The van der Waals surface area contributed by atoms with Gasteiger partial charge < -0.3 is 5.32 Å². The Morgan fingerprint density at radius 3 is 2.46 bits per heavy atom. The summed E-state index contributed by atoms with van der Waals surface area (Å²) in [5.74, 6) is -0.187. The molecule has 3 heterocycles. The number of nitrogens with one attached hydrogen (secondary N) is 1. The minimum absolute atomic E-state index is 0.187. The van der Waals surface area contributed by atoms with Crippen molar-refractivity contribution in [1.82, 2.24) is 20.1 Å². The molecular formula is C27H22N4O2S2. The van der Waals surface area contributed by atoms with E-state index >= 15 is 0 Å². The molecule has 8 heteroatoms. The van der Waals surface area contributed by atoms with Crippen LogP contribution in [0.3, 0.4) is 0 Å². The lowest BCUT2D eigenvalue weighted by molar-refractivity contribution is 0.0952. The standard InChI is InChI=1S/C27H22N4O2S2/c1-18-25(35-27(29-18)23-8-5-17-34-23)22-13-14-24(32)31(30-22)16-15-28-26(33)21-11-9-20(10-12-21)19-6-3-2-4-7-19/h2-14,17H,15-16H2,1H3,(H,28,33). The fourth-order valence-electron chi connectivity index (χ4n) is 3.69. The second-order valence-corrected chi connectivity index (χ2v) is 9.84. The van der Waals surface area contributed by atoms with Crippen LogP contribution in [0.25, 0.3) is 31.6 Å². The summed E-state index contributed by atoms with van der Waals surface area (Å²) in [5.41, 5.74) is 4.09. The summed E-state index contributed by atoms with van der Waals surface area (Å²) < 4.78 is 1.39. The molecule has 0 aliphatic heterocycles. The number of aryl methyl sites for hydroxylation is 1. The molecular weight excluding hydrogens is 476 g/mol. The monoisotopic (exact) mass is 498 g/mol. The number of carbonyl (C=O) groups is 1. The Bertz CT molecular complexity index is 1510. The molecule has 0 saturated carbocycles. The van der Waals surface area contributed by atoms with Crippen molar-refractivity contribution in [2.75, 3.05) is 6.54 Å². The van der Waals surface area contributed by atoms with E-state index in [0.29, 0.717) is 11.3 Å². The molecule has 174 valence electrons. The van der Waals surface area contributed by atoms with Gasteiger partial charge in [0, 0.05) is 18.2 Å². The minimum atomic E-state index is -0.212. The molecule has 0 saturated heterocycles. The van der Waals surface area contributed by atoms with Crippen molar-refractivity contribution in [3.05, 3.63) is 106 Å². The Morgan fingerprint density at radius 2 is 1.71 bits per heavy atom. The molecule has 0 aliphatic carbocycles. The summed E-state index contributed by atoms with van der Waals surface area (Å²) in [7, 11) is 0. The van der Waals surface area contributed by atoms with E-state index < -0.39 is 0 Å². The van der Waals surface area contributed by atoms with Gasteiger partial charge in [0.25, 0.3) is 11.5 Å². The first-order valence-electron chi connectivity index (χ1n) is 11.1. The normalized spacial score (nSPS) is 10.9. The van der Waals surface area contributed by atoms with Crippen molar-refractivity contribution in [3.8, 4) is 31.6 Å². The Labute approximate surface area is 210 Å². The molecule has 0 atom stereocenters. The van der Waals surface area contributed by atoms with Crippen molar-refractivity contribution in [2.45, 2.75) is 13.5 Å². The minimum Gasteiger partial charge on any atom is -0.350 e. The Morgan fingerprint density at radius 1 is 0.943 bits per heavy atom. The molecule has 35 heavy (non-hydrogen) atoms. The average molecular weight is 499 g/mol. The van der Waals surface area contributed by atoms with Gasteiger partial charge in [-0.1, -0.05) is 48.5 Å². The topological polar surface area (TPSA) is 76.9 Å². The zero-order valence-corrected chi connectivity index (χ0v) is 20.6. The van der Waals surface area contributed by atoms with Gasteiger partial charge in [-0.25, -0.2) is 9.67 Å². The smallest absolute Gasteiger partial charge is 0.266 e. The lowest BCUT2D eigenvalue weighted by Crippen LogP contribution is -2.31. The molecule has 5 aromatic rings. The first-order valence-corrected chi connectivity index (χ1v) is 12.8. The van der Waals surface area contributed by atoms with Gasteiger partial charge in [-0.2, -0.15) is 5.10 Å². The molecule has 0 bridgehead atoms. The molecule has 3 aromatic heterocycles. The van der Waals surface area contributed by atoms with Crippen LogP contribution in [0.4, 0.5) is 0 Å². The third kappa shape index (κ3) is 5.13. The van der Waals surface area contributed by atoms with Crippen molar-refractivity contribution in [2.24, 2.45) is 0 Å². The van der Waals surface area contributed by atoms with Gasteiger partial charge in [-0.05, 0) is 47.7 Å². The highest BCUT2D eigenvalue weighted by atomic mass is 32.1. The second-order valence-electron chi connectivity index (χ2n) is 7.89. The number of carbonyl (C=O) groups excluding carboxylic acids is 1. The van der Waals surface area contributed by atoms with E-state index in [4.69, 9.17) is 0 Å². The number of thiazole rings is 1. The van der Waals surface area contributed by atoms with E-state index in [9.17, 15) is 9.59 Å². The summed E-state index contributed by atoms with van der Waals surface area (Å²) >= 11 is 3.20. The van der Waals surface area contributed by atoms with Crippen molar-refractivity contribution in [3.63, 3.8) is 0 Å². The molecule has 0 radical (unpaired) electrons. The number of amides is 1. The van der Waals surface area contributed by atoms with Gasteiger partial charge in [0.1, 0.15) is 10.7 Å². The van der Waals surface area contributed by atoms with Crippen LogP contribution in [0.15, 0.2) is 89.0 Å². The first kappa shape index (κ1) is 22.9. The van der Waals surface area contributed by atoms with Crippen molar-refractivity contribution >= 4 is 28.6 Å². The van der Waals surface area contributed by atoms with Gasteiger partial charge >= 0.3 is 0 Å². The fraction of sp³-hybridized carbons (Fsp3) is 0.111. The van der Waals surface area contributed by atoms with Crippen LogP contribution in [-0.2, 0) is 6.54 Å². The summed E-state index contributed by atoms with van der Waals surface area (Å²) in [5, 5.41) is 10.4. The lowest BCUT2D eigenvalue weighted by atomic mass is 10.0. The molecule has 0 unspecified atom stereocenters. The Kier molecular flexibility index (Phi) is 6.65. The summed E-state index contributed by atoms with van der Waals surface area (Å²) in [6, 6.07) is 24.8. The van der Waals surface area contributed by atoms with Crippen LogP contribution in [-0.4, -0.2) is 27.2 Å². The third-order valence-corrected chi connectivity index (χ3v) is 7.71. The SMILES string of the molecule is Cc1nc(-c2cccs2)sc1-c1ccc(=O)n(CCNC(=O)c2ccc(-c3ccccc3)cc2)n1.